The van der Waals surface area contributed by atoms with E-state index in [9.17, 15) is 4.79 Å². The topological polar surface area (TPSA) is 53.7 Å². The second-order valence-corrected chi connectivity index (χ2v) is 5.07. The number of amides is 1. The van der Waals surface area contributed by atoms with E-state index in [0.29, 0.717) is 18.8 Å². The molecule has 0 atom stereocenters. The van der Waals surface area contributed by atoms with Crippen molar-refractivity contribution in [3.8, 4) is 0 Å². The first-order chi connectivity index (χ1) is 10.7. The van der Waals surface area contributed by atoms with Gasteiger partial charge in [0.25, 0.3) is 0 Å². The van der Waals surface area contributed by atoms with E-state index < -0.39 is 0 Å². The second kappa shape index (κ2) is 8.20. The summed E-state index contributed by atoms with van der Waals surface area (Å²) < 4.78 is 5.40. The van der Waals surface area contributed by atoms with E-state index in [1.54, 1.807) is 11.0 Å². The molecule has 4 heteroatoms. The van der Waals surface area contributed by atoms with Crippen molar-refractivity contribution < 1.29 is 14.3 Å². The Balaban J connectivity index is 1.94. The molecule has 0 radical (unpaired) electrons. The molecule has 116 valence electrons. The first-order valence-electron chi connectivity index (χ1n) is 7.37. The Kier molecular flexibility index (Phi) is 5.98. The summed E-state index contributed by atoms with van der Waals surface area (Å²) in [7, 11) is 0. The fourth-order valence-electron chi connectivity index (χ4n) is 2.16. The van der Waals surface area contributed by atoms with Gasteiger partial charge in [0.05, 0.1) is 6.61 Å². The van der Waals surface area contributed by atoms with E-state index in [-0.39, 0.29) is 12.5 Å². The second-order valence-electron chi connectivity index (χ2n) is 5.07. The zero-order chi connectivity index (χ0) is 15.8. The first kappa shape index (κ1) is 16.0. The van der Waals surface area contributed by atoms with Crippen molar-refractivity contribution in [2.75, 3.05) is 19.7 Å². The smallest absolute Gasteiger partial charge is 0.246 e. The zero-order valence-corrected chi connectivity index (χ0v) is 12.7. The van der Waals surface area contributed by atoms with Crippen LogP contribution in [-0.4, -0.2) is 35.6 Å². The molecule has 1 amide bonds. The summed E-state index contributed by atoms with van der Waals surface area (Å²) in [5.74, 6) is 1.33. The van der Waals surface area contributed by atoms with Gasteiger partial charge in [0.1, 0.15) is 11.5 Å². The molecule has 4 nitrogen and oxygen atoms in total. The molecule has 0 aliphatic heterocycles. The van der Waals surface area contributed by atoms with Crippen molar-refractivity contribution in [3.63, 3.8) is 0 Å². The molecule has 2 aromatic rings. The van der Waals surface area contributed by atoms with Crippen molar-refractivity contribution in [3.05, 3.63) is 65.6 Å². The fraction of sp³-hybridized carbons (Fsp3) is 0.278. The Labute approximate surface area is 130 Å². The number of rotatable bonds is 7. The third-order valence-corrected chi connectivity index (χ3v) is 3.35. The Hall–Kier alpha value is -2.33. The molecule has 0 spiro atoms. The van der Waals surface area contributed by atoms with Gasteiger partial charge in [0.2, 0.25) is 5.91 Å². The molecular formula is C18H21NO3. The lowest BCUT2D eigenvalue weighted by molar-refractivity contribution is -0.126. The molecule has 22 heavy (non-hydrogen) atoms. The highest BCUT2D eigenvalue weighted by Gasteiger charge is 2.10. The van der Waals surface area contributed by atoms with Gasteiger partial charge in [0.15, 0.2) is 0 Å². The molecule has 0 saturated carbocycles. The predicted octanol–water partition coefficient (Wildman–Crippen LogP) is 2.66. The van der Waals surface area contributed by atoms with Crippen LogP contribution in [0.3, 0.4) is 0 Å². The number of carbonyl (C=O) groups excluding carboxylic acids is 1. The number of aliphatic hydroxyl groups is 1. The highest BCUT2D eigenvalue weighted by molar-refractivity contribution is 5.91. The van der Waals surface area contributed by atoms with Gasteiger partial charge >= 0.3 is 0 Å². The SMILES string of the molecule is Cc1ccc(/C=C/C(=O)N(CCO)CCc2ccccc2)o1. The van der Waals surface area contributed by atoms with Crippen molar-refractivity contribution in [1.29, 1.82) is 0 Å². The van der Waals surface area contributed by atoms with Crippen LogP contribution in [0.25, 0.3) is 6.08 Å². The highest BCUT2D eigenvalue weighted by atomic mass is 16.3. The molecule has 0 bridgehead atoms. The maximum absolute atomic E-state index is 12.2. The van der Waals surface area contributed by atoms with Crippen molar-refractivity contribution >= 4 is 12.0 Å². The van der Waals surface area contributed by atoms with Gasteiger partial charge in [-0.2, -0.15) is 0 Å². The average Bonchev–Trinajstić information content (AvgIpc) is 2.95. The van der Waals surface area contributed by atoms with Gasteiger partial charge in [-0.1, -0.05) is 30.3 Å². The minimum atomic E-state index is -0.126. The third kappa shape index (κ3) is 4.90. The minimum Gasteiger partial charge on any atom is -0.462 e. The molecule has 1 aromatic carbocycles. The monoisotopic (exact) mass is 299 g/mol. The molecule has 0 aliphatic rings. The van der Waals surface area contributed by atoms with Crippen LogP contribution in [0.4, 0.5) is 0 Å². The Bertz CT molecular complexity index is 616. The molecule has 0 saturated heterocycles. The molecule has 0 unspecified atom stereocenters. The normalized spacial score (nSPS) is 11.0. The Morgan fingerprint density at radius 2 is 1.95 bits per heavy atom. The lowest BCUT2D eigenvalue weighted by Gasteiger charge is -2.20. The number of carbonyl (C=O) groups is 1. The van der Waals surface area contributed by atoms with Crippen LogP contribution < -0.4 is 0 Å². The number of hydrogen-bond acceptors (Lipinski definition) is 3. The van der Waals surface area contributed by atoms with Crippen LogP contribution in [0.2, 0.25) is 0 Å². The maximum atomic E-state index is 12.2. The van der Waals surface area contributed by atoms with Crippen LogP contribution in [-0.2, 0) is 11.2 Å². The summed E-state index contributed by atoms with van der Waals surface area (Å²) in [4.78, 5) is 13.9. The summed E-state index contributed by atoms with van der Waals surface area (Å²) in [6.45, 7) is 2.71. The molecular weight excluding hydrogens is 278 g/mol. The third-order valence-electron chi connectivity index (χ3n) is 3.35. The van der Waals surface area contributed by atoms with E-state index in [1.807, 2.05) is 49.4 Å². The van der Waals surface area contributed by atoms with Crippen molar-refractivity contribution in [1.82, 2.24) is 4.90 Å². The van der Waals surface area contributed by atoms with Gasteiger partial charge in [-0.15, -0.1) is 0 Å². The first-order valence-corrected chi connectivity index (χ1v) is 7.37. The highest BCUT2D eigenvalue weighted by Crippen LogP contribution is 2.09. The Morgan fingerprint density at radius 1 is 1.18 bits per heavy atom. The number of hydrogen-bond donors (Lipinski definition) is 1. The van der Waals surface area contributed by atoms with E-state index in [0.717, 1.165) is 12.2 Å². The van der Waals surface area contributed by atoms with E-state index in [2.05, 4.69) is 0 Å². The van der Waals surface area contributed by atoms with E-state index in [1.165, 1.54) is 11.6 Å². The van der Waals surface area contributed by atoms with Crippen LogP contribution in [0.5, 0.6) is 0 Å². The number of aryl methyl sites for hydroxylation is 1. The van der Waals surface area contributed by atoms with Crippen LogP contribution in [0.15, 0.2) is 53.0 Å². The molecule has 0 fully saturated rings. The average molecular weight is 299 g/mol. The summed E-state index contributed by atoms with van der Waals surface area (Å²) in [5.41, 5.74) is 1.17. The van der Waals surface area contributed by atoms with Gasteiger partial charge in [-0.25, -0.2) is 0 Å². The number of nitrogens with zero attached hydrogens (tertiary/aromatic N) is 1. The molecule has 1 aromatic heterocycles. The fourth-order valence-corrected chi connectivity index (χ4v) is 2.16. The van der Waals surface area contributed by atoms with Gasteiger partial charge < -0.3 is 14.4 Å². The predicted molar refractivity (Wildman–Crippen MR) is 86.3 cm³/mol. The summed E-state index contributed by atoms with van der Waals surface area (Å²) in [5, 5.41) is 9.13. The molecule has 1 heterocycles. The van der Waals surface area contributed by atoms with E-state index >= 15 is 0 Å². The van der Waals surface area contributed by atoms with Crippen LogP contribution in [0.1, 0.15) is 17.1 Å². The molecule has 1 N–H and O–H groups in total. The van der Waals surface area contributed by atoms with E-state index in [4.69, 9.17) is 9.52 Å². The standard InChI is InChI=1S/C18H21NO3/c1-15-7-8-17(22-15)9-10-18(21)19(13-14-20)12-11-16-5-3-2-4-6-16/h2-10,20H,11-14H2,1H3/b10-9+. The van der Waals surface area contributed by atoms with Gasteiger partial charge in [-0.05, 0) is 37.1 Å². The number of furan rings is 1. The summed E-state index contributed by atoms with van der Waals surface area (Å²) in [6.07, 6.45) is 3.90. The van der Waals surface area contributed by atoms with Crippen molar-refractivity contribution in [2.24, 2.45) is 0 Å². The molecule has 2 rings (SSSR count). The largest absolute Gasteiger partial charge is 0.462 e. The van der Waals surface area contributed by atoms with Gasteiger partial charge in [0, 0.05) is 19.2 Å². The lowest BCUT2D eigenvalue weighted by atomic mass is 10.1. The number of aliphatic hydroxyl groups excluding tert-OH is 1. The Morgan fingerprint density at radius 3 is 2.59 bits per heavy atom. The quantitative estimate of drug-likeness (QED) is 0.800. The maximum Gasteiger partial charge on any atom is 0.246 e. The van der Waals surface area contributed by atoms with Crippen molar-refractivity contribution in [2.45, 2.75) is 13.3 Å². The zero-order valence-electron chi connectivity index (χ0n) is 12.7. The lowest BCUT2D eigenvalue weighted by Crippen LogP contribution is -2.34. The summed E-state index contributed by atoms with van der Waals surface area (Å²) >= 11 is 0. The van der Waals surface area contributed by atoms with Gasteiger partial charge in [-0.3, -0.25) is 4.79 Å². The molecule has 0 aliphatic carbocycles. The minimum absolute atomic E-state index is 0.0474. The number of benzene rings is 1. The summed E-state index contributed by atoms with van der Waals surface area (Å²) in [6, 6.07) is 13.7. The van der Waals surface area contributed by atoms with Crippen LogP contribution >= 0.6 is 0 Å². The van der Waals surface area contributed by atoms with Crippen LogP contribution in [0, 0.1) is 6.92 Å².